The predicted octanol–water partition coefficient (Wildman–Crippen LogP) is 1.62. The number of primary amides is 1. The van der Waals surface area contributed by atoms with Gasteiger partial charge in [-0.15, -0.1) is 0 Å². The topological polar surface area (TPSA) is 66.6 Å². The van der Waals surface area contributed by atoms with Crippen molar-refractivity contribution in [3.8, 4) is 5.75 Å². The second-order valence-electron chi connectivity index (χ2n) is 4.94. The summed E-state index contributed by atoms with van der Waals surface area (Å²) in [5.41, 5.74) is 6.16. The molecule has 0 radical (unpaired) electrons. The minimum Gasteiger partial charge on any atom is -0.508 e. The van der Waals surface area contributed by atoms with E-state index in [2.05, 4.69) is 4.90 Å². The van der Waals surface area contributed by atoms with E-state index in [0.717, 1.165) is 18.4 Å². The minimum atomic E-state index is -0.308. The van der Waals surface area contributed by atoms with Crippen LogP contribution in [0.4, 0.5) is 0 Å². The molecule has 0 spiro atoms. The van der Waals surface area contributed by atoms with Gasteiger partial charge in [-0.2, -0.15) is 0 Å². The van der Waals surface area contributed by atoms with Gasteiger partial charge in [0.25, 0.3) is 0 Å². The van der Waals surface area contributed by atoms with E-state index in [9.17, 15) is 9.90 Å². The average molecular weight is 248 g/mol. The molecule has 0 saturated heterocycles. The van der Waals surface area contributed by atoms with Gasteiger partial charge in [0, 0.05) is 18.2 Å². The Hall–Kier alpha value is -1.55. The molecule has 4 heteroatoms. The number of aromatic hydroxyl groups is 1. The van der Waals surface area contributed by atoms with Crippen LogP contribution < -0.4 is 5.73 Å². The summed E-state index contributed by atoms with van der Waals surface area (Å²) in [7, 11) is 0. The lowest BCUT2D eigenvalue weighted by atomic mass is 10.1. The molecule has 98 valence electrons. The highest BCUT2D eigenvalue weighted by Crippen LogP contribution is 2.26. The molecular weight excluding hydrogens is 228 g/mol. The number of hydrogen-bond acceptors (Lipinski definition) is 3. The van der Waals surface area contributed by atoms with Crippen molar-refractivity contribution in [3.05, 3.63) is 29.8 Å². The molecule has 1 saturated carbocycles. The van der Waals surface area contributed by atoms with E-state index >= 15 is 0 Å². The molecule has 0 aliphatic heterocycles. The maximum atomic E-state index is 11.2. The third kappa shape index (κ3) is 3.23. The van der Waals surface area contributed by atoms with E-state index < -0.39 is 0 Å². The number of para-hydroxylation sites is 1. The van der Waals surface area contributed by atoms with Gasteiger partial charge < -0.3 is 10.8 Å². The van der Waals surface area contributed by atoms with Crippen molar-refractivity contribution >= 4 is 5.91 Å². The van der Waals surface area contributed by atoms with Gasteiger partial charge >= 0.3 is 0 Å². The molecule has 1 aromatic carbocycles. The molecule has 1 amide bonds. The second kappa shape index (κ2) is 5.87. The quantitative estimate of drug-likeness (QED) is 0.832. The zero-order valence-electron chi connectivity index (χ0n) is 10.5. The summed E-state index contributed by atoms with van der Waals surface area (Å²) in [5.74, 6) is -0.0257. The monoisotopic (exact) mass is 248 g/mol. The van der Waals surface area contributed by atoms with Crippen LogP contribution >= 0.6 is 0 Å². The van der Waals surface area contributed by atoms with Gasteiger partial charge in [0.2, 0.25) is 5.91 Å². The van der Waals surface area contributed by atoms with Gasteiger partial charge in [0.15, 0.2) is 0 Å². The molecule has 3 N–H and O–H groups in total. The molecule has 0 heterocycles. The molecule has 0 unspecified atom stereocenters. The van der Waals surface area contributed by atoms with Gasteiger partial charge in [-0.05, 0) is 18.9 Å². The zero-order chi connectivity index (χ0) is 13.0. The lowest BCUT2D eigenvalue weighted by Crippen LogP contribution is -2.39. The number of amides is 1. The summed E-state index contributed by atoms with van der Waals surface area (Å²) in [6, 6.07) is 7.67. The van der Waals surface area contributed by atoms with E-state index in [1.54, 1.807) is 12.1 Å². The van der Waals surface area contributed by atoms with Crippen LogP contribution in [0, 0.1) is 0 Å². The van der Waals surface area contributed by atoms with Crippen LogP contribution in [-0.2, 0) is 11.3 Å². The molecule has 0 aromatic heterocycles. The number of hydrogen-bond donors (Lipinski definition) is 2. The highest BCUT2D eigenvalue weighted by atomic mass is 16.3. The molecule has 1 aliphatic carbocycles. The number of carbonyl (C=O) groups is 1. The Morgan fingerprint density at radius 3 is 2.61 bits per heavy atom. The van der Waals surface area contributed by atoms with Crippen molar-refractivity contribution < 1.29 is 9.90 Å². The highest BCUT2D eigenvalue weighted by molar-refractivity contribution is 5.76. The Balaban J connectivity index is 2.09. The summed E-state index contributed by atoms with van der Waals surface area (Å²) in [6.07, 6.45) is 4.64. The van der Waals surface area contributed by atoms with Crippen LogP contribution in [0.15, 0.2) is 24.3 Å². The highest BCUT2D eigenvalue weighted by Gasteiger charge is 2.24. The molecule has 4 nitrogen and oxygen atoms in total. The molecule has 1 aliphatic rings. The van der Waals surface area contributed by atoms with Crippen molar-refractivity contribution in [2.24, 2.45) is 5.73 Å². The molecule has 2 rings (SSSR count). The Morgan fingerprint density at radius 2 is 2.00 bits per heavy atom. The number of nitrogens with zero attached hydrogens (tertiary/aromatic N) is 1. The van der Waals surface area contributed by atoms with Crippen molar-refractivity contribution in [1.29, 1.82) is 0 Å². The molecule has 0 bridgehead atoms. The standard InChI is InChI=1S/C14H20N2O2/c15-14(18)10-16(12-6-2-3-7-12)9-11-5-1-4-8-13(11)17/h1,4-5,8,12,17H,2-3,6-7,9-10H2,(H2,15,18). The lowest BCUT2D eigenvalue weighted by molar-refractivity contribution is -0.119. The van der Waals surface area contributed by atoms with Crippen molar-refractivity contribution in [2.75, 3.05) is 6.54 Å². The van der Waals surface area contributed by atoms with Crippen molar-refractivity contribution in [2.45, 2.75) is 38.3 Å². The summed E-state index contributed by atoms with van der Waals surface area (Å²) in [6.45, 7) is 0.847. The fraction of sp³-hybridized carbons (Fsp3) is 0.500. The normalized spacial score (nSPS) is 16.3. The third-order valence-corrected chi connectivity index (χ3v) is 3.57. The molecule has 0 atom stereocenters. The average Bonchev–Trinajstić information content (AvgIpc) is 2.84. The molecule has 18 heavy (non-hydrogen) atoms. The number of phenolic OH excluding ortho intramolecular Hbond substituents is 1. The van der Waals surface area contributed by atoms with Crippen molar-refractivity contribution in [1.82, 2.24) is 4.90 Å². The first-order valence-corrected chi connectivity index (χ1v) is 6.46. The predicted molar refractivity (Wildman–Crippen MR) is 70.0 cm³/mol. The zero-order valence-corrected chi connectivity index (χ0v) is 10.5. The van der Waals surface area contributed by atoms with Crippen LogP contribution in [0.1, 0.15) is 31.2 Å². The van der Waals surface area contributed by atoms with Crippen molar-refractivity contribution in [3.63, 3.8) is 0 Å². The Kier molecular flexibility index (Phi) is 4.20. The van der Waals surface area contributed by atoms with E-state index in [1.165, 1.54) is 12.8 Å². The smallest absolute Gasteiger partial charge is 0.231 e. The number of nitrogens with two attached hydrogens (primary N) is 1. The first kappa shape index (κ1) is 12.9. The Morgan fingerprint density at radius 1 is 1.33 bits per heavy atom. The maximum Gasteiger partial charge on any atom is 0.231 e. The van der Waals surface area contributed by atoms with Crippen LogP contribution in [-0.4, -0.2) is 28.5 Å². The number of benzene rings is 1. The van der Waals surface area contributed by atoms with Gasteiger partial charge in [-0.25, -0.2) is 0 Å². The lowest BCUT2D eigenvalue weighted by Gasteiger charge is -2.27. The third-order valence-electron chi connectivity index (χ3n) is 3.57. The first-order valence-electron chi connectivity index (χ1n) is 6.46. The van der Waals surface area contributed by atoms with Crippen LogP contribution in [0.5, 0.6) is 5.75 Å². The Bertz CT molecular complexity index is 414. The molecule has 1 fully saturated rings. The largest absolute Gasteiger partial charge is 0.508 e. The number of phenols is 1. The SMILES string of the molecule is NC(=O)CN(Cc1ccccc1O)C1CCCC1. The fourth-order valence-corrected chi connectivity index (χ4v) is 2.65. The molecule has 1 aromatic rings. The minimum absolute atomic E-state index is 0.263. The van der Waals surface area contributed by atoms with Crippen LogP contribution in [0.2, 0.25) is 0 Å². The van der Waals surface area contributed by atoms with Crippen LogP contribution in [0.25, 0.3) is 0 Å². The van der Waals surface area contributed by atoms with Gasteiger partial charge in [0.1, 0.15) is 5.75 Å². The second-order valence-corrected chi connectivity index (χ2v) is 4.94. The Labute approximate surface area is 107 Å². The van der Waals surface area contributed by atoms with E-state index in [1.807, 2.05) is 12.1 Å². The van der Waals surface area contributed by atoms with E-state index in [-0.39, 0.29) is 18.2 Å². The summed E-state index contributed by atoms with van der Waals surface area (Å²) in [5, 5.41) is 9.79. The first-order chi connectivity index (χ1) is 8.66. The fourth-order valence-electron chi connectivity index (χ4n) is 2.65. The summed E-state index contributed by atoms with van der Waals surface area (Å²) < 4.78 is 0. The van der Waals surface area contributed by atoms with Gasteiger partial charge in [-0.3, -0.25) is 9.69 Å². The maximum absolute atomic E-state index is 11.2. The van der Waals surface area contributed by atoms with Gasteiger partial charge in [0.05, 0.1) is 6.54 Å². The van der Waals surface area contributed by atoms with Gasteiger partial charge in [-0.1, -0.05) is 31.0 Å². The molecular formula is C14H20N2O2. The number of rotatable bonds is 5. The van der Waals surface area contributed by atoms with E-state index in [4.69, 9.17) is 5.73 Å². The van der Waals surface area contributed by atoms with Crippen LogP contribution in [0.3, 0.4) is 0 Å². The number of carbonyl (C=O) groups excluding carboxylic acids is 1. The summed E-state index contributed by atoms with van der Waals surface area (Å²) >= 11 is 0. The van der Waals surface area contributed by atoms with E-state index in [0.29, 0.717) is 12.6 Å². The summed E-state index contributed by atoms with van der Waals surface area (Å²) in [4.78, 5) is 13.2.